The van der Waals surface area contributed by atoms with Crippen molar-refractivity contribution >= 4 is 11.9 Å². The SMILES string of the molecule is Cc1cc(C)n(-c2ccc(C(=O)NC3(CC(=O)O)CCOC3)cc2F)n1. The van der Waals surface area contributed by atoms with Crippen LogP contribution >= 0.6 is 0 Å². The summed E-state index contributed by atoms with van der Waals surface area (Å²) in [5.74, 6) is -2.14. The molecule has 26 heavy (non-hydrogen) atoms. The van der Waals surface area contributed by atoms with E-state index in [0.717, 1.165) is 17.5 Å². The van der Waals surface area contributed by atoms with Crippen LogP contribution < -0.4 is 5.32 Å². The van der Waals surface area contributed by atoms with Crippen LogP contribution in [-0.2, 0) is 9.53 Å². The first-order chi connectivity index (χ1) is 12.3. The van der Waals surface area contributed by atoms with Crippen LogP contribution in [0.25, 0.3) is 5.69 Å². The summed E-state index contributed by atoms with van der Waals surface area (Å²) in [7, 11) is 0. The summed E-state index contributed by atoms with van der Waals surface area (Å²) >= 11 is 0. The fourth-order valence-corrected chi connectivity index (χ4v) is 3.18. The molecule has 1 aliphatic rings. The highest BCUT2D eigenvalue weighted by Crippen LogP contribution is 2.24. The zero-order valence-corrected chi connectivity index (χ0v) is 14.6. The summed E-state index contributed by atoms with van der Waals surface area (Å²) in [6, 6.07) is 5.94. The monoisotopic (exact) mass is 361 g/mol. The van der Waals surface area contributed by atoms with Gasteiger partial charge < -0.3 is 15.2 Å². The number of carboxylic acid groups (broad SMARTS) is 1. The zero-order valence-electron chi connectivity index (χ0n) is 14.6. The first-order valence-corrected chi connectivity index (χ1v) is 8.25. The van der Waals surface area contributed by atoms with Gasteiger partial charge in [-0.2, -0.15) is 5.10 Å². The normalized spacial score (nSPS) is 19.5. The highest BCUT2D eigenvalue weighted by Gasteiger charge is 2.38. The number of carbonyl (C=O) groups excluding carboxylic acids is 1. The molecule has 0 bridgehead atoms. The number of hydrogen-bond acceptors (Lipinski definition) is 4. The molecule has 1 atom stereocenters. The van der Waals surface area contributed by atoms with Gasteiger partial charge in [0.2, 0.25) is 0 Å². The third-order valence-corrected chi connectivity index (χ3v) is 4.42. The number of ether oxygens (including phenoxy) is 1. The van der Waals surface area contributed by atoms with E-state index in [0.29, 0.717) is 13.0 Å². The van der Waals surface area contributed by atoms with Crippen molar-refractivity contribution in [2.45, 2.75) is 32.2 Å². The van der Waals surface area contributed by atoms with Gasteiger partial charge in [-0.25, -0.2) is 9.07 Å². The highest BCUT2D eigenvalue weighted by molar-refractivity contribution is 5.95. The van der Waals surface area contributed by atoms with Crippen molar-refractivity contribution in [2.75, 3.05) is 13.2 Å². The molecule has 3 rings (SSSR count). The number of hydrogen-bond donors (Lipinski definition) is 2. The van der Waals surface area contributed by atoms with Gasteiger partial charge in [0.15, 0.2) is 0 Å². The first-order valence-electron chi connectivity index (χ1n) is 8.25. The lowest BCUT2D eigenvalue weighted by Gasteiger charge is -2.27. The number of nitrogens with zero attached hydrogens (tertiary/aromatic N) is 2. The molecule has 2 N–H and O–H groups in total. The highest BCUT2D eigenvalue weighted by atomic mass is 19.1. The molecule has 7 nitrogen and oxygen atoms in total. The van der Waals surface area contributed by atoms with Crippen LogP contribution in [0.5, 0.6) is 0 Å². The van der Waals surface area contributed by atoms with Crippen molar-refractivity contribution in [3.05, 3.63) is 47.0 Å². The molecule has 1 amide bonds. The molecule has 8 heteroatoms. The maximum Gasteiger partial charge on any atom is 0.305 e. The largest absolute Gasteiger partial charge is 0.481 e. The minimum atomic E-state index is -1.03. The molecule has 1 unspecified atom stereocenters. The van der Waals surface area contributed by atoms with Crippen LogP contribution in [0.15, 0.2) is 24.3 Å². The summed E-state index contributed by atoms with van der Waals surface area (Å²) in [6.45, 7) is 4.13. The molecule has 1 aromatic carbocycles. The van der Waals surface area contributed by atoms with E-state index >= 15 is 0 Å². The lowest BCUT2D eigenvalue weighted by molar-refractivity contribution is -0.138. The van der Waals surface area contributed by atoms with Crippen LogP contribution in [-0.4, -0.2) is 45.5 Å². The Morgan fingerprint density at radius 2 is 2.15 bits per heavy atom. The van der Waals surface area contributed by atoms with Crippen molar-refractivity contribution in [3.8, 4) is 5.69 Å². The predicted octanol–water partition coefficient (Wildman–Crippen LogP) is 1.99. The molecule has 1 saturated heterocycles. The van der Waals surface area contributed by atoms with E-state index in [4.69, 9.17) is 9.84 Å². The lowest BCUT2D eigenvalue weighted by atomic mass is 9.93. The van der Waals surface area contributed by atoms with E-state index in [1.54, 1.807) is 0 Å². The van der Waals surface area contributed by atoms with E-state index in [-0.39, 0.29) is 24.3 Å². The van der Waals surface area contributed by atoms with Gasteiger partial charge in [-0.1, -0.05) is 0 Å². The standard InChI is InChI=1S/C18H20FN3O4/c1-11-7-12(2)22(21-11)15-4-3-13(8-14(15)19)17(25)20-18(9-16(23)24)5-6-26-10-18/h3-4,7-8H,5-6,9-10H2,1-2H3,(H,20,25)(H,23,24). The molecule has 2 heterocycles. The molecule has 0 saturated carbocycles. The molecule has 1 aromatic heterocycles. The topological polar surface area (TPSA) is 93.5 Å². The smallest absolute Gasteiger partial charge is 0.305 e. The summed E-state index contributed by atoms with van der Waals surface area (Å²) in [5, 5.41) is 16.0. The van der Waals surface area contributed by atoms with E-state index in [2.05, 4.69) is 10.4 Å². The number of carbonyl (C=O) groups is 2. The third-order valence-electron chi connectivity index (χ3n) is 4.42. The lowest BCUT2D eigenvalue weighted by Crippen LogP contribution is -2.50. The van der Waals surface area contributed by atoms with Crippen molar-refractivity contribution in [1.82, 2.24) is 15.1 Å². The molecular weight excluding hydrogens is 341 g/mol. The number of halogens is 1. The van der Waals surface area contributed by atoms with Crippen molar-refractivity contribution < 1.29 is 23.8 Å². The van der Waals surface area contributed by atoms with E-state index in [1.807, 2.05) is 19.9 Å². The molecule has 2 aromatic rings. The van der Waals surface area contributed by atoms with Crippen molar-refractivity contribution in [2.24, 2.45) is 0 Å². The quantitative estimate of drug-likeness (QED) is 0.850. The van der Waals surface area contributed by atoms with Gasteiger partial charge in [0.25, 0.3) is 5.91 Å². The van der Waals surface area contributed by atoms with Gasteiger partial charge >= 0.3 is 5.97 Å². The second-order valence-electron chi connectivity index (χ2n) is 6.61. The maximum atomic E-state index is 14.5. The second kappa shape index (κ2) is 6.87. The van der Waals surface area contributed by atoms with Gasteiger partial charge in [-0.15, -0.1) is 0 Å². The minimum Gasteiger partial charge on any atom is -0.481 e. The maximum absolute atomic E-state index is 14.5. The fraction of sp³-hybridized carbons (Fsp3) is 0.389. The summed E-state index contributed by atoms with van der Waals surface area (Å²) < 4.78 is 21.3. The van der Waals surface area contributed by atoms with Gasteiger partial charge in [-0.05, 0) is 44.5 Å². The Morgan fingerprint density at radius 1 is 1.38 bits per heavy atom. The first kappa shape index (κ1) is 18.1. The van der Waals surface area contributed by atoms with Gasteiger partial charge in [-0.3, -0.25) is 9.59 Å². The predicted molar refractivity (Wildman–Crippen MR) is 90.9 cm³/mol. The Bertz CT molecular complexity index is 856. The molecule has 1 aliphatic heterocycles. The summed E-state index contributed by atoms with van der Waals surface area (Å²) in [5.41, 5.74) is 0.942. The number of carboxylic acids is 1. The second-order valence-corrected chi connectivity index (χ2v) is 6.61. The molecular formula is C18H20FN3O4. The third kappa shape index (κ3) is 3.60. The van der Waals surface area contributed by atoms with E-state index in [1.165, 1.54) is 16.8 Å². The van der Waals surface area contributed by atoms with E-state index in [9.17, 15) is 14.0 Å². The van der Waals surface area contributed by atoms with E-state index < -0.39 is 23.2 Å². The number of aliphatic carboxylic acids is 1. The molecule has 1 fully saturated rings. The molecule has 0 spiro atoms. The molecule has 0 radical (unpaired) electrons. The Hall–Kier alpha value is -2.74. The van der Waals surface area contributed by atoms with Crippen LogP contribution in [0.2, 0.25) is 0 Å². The average molecular weight is 361 g/mol. The number of aryl methyl sites for hydroxylation is 2. The molecule has 0 aliphatic carbocycles. The Kier molecular flexibility index (Phi) is 4.78. The summed E-state index contributed by atoms with van der Waals surface area (Å²) in [6.07, 6.45) is 0.155. The fourth-order valence-electron chi connectivity index (χ4n) is 3.18. The van der Waals surface area contributed by atoms with Crippen LogP contribution in [0.3, 0.4) is 0 Å². The number of rotatable bonds is 5. The number of aromatic nitrogens is 2. The Morgan fingerprint density at radius 3 is 2.69 bits per heavy atom. The number of nitrogens with one attached hydrogen (secondary N) is 1. The Balaban J connectivity index is 1.83. The summed E-state index contributed by atoms with van der Waals surface area (Å²) in [4.78, 5) is 23.6. The minimum absolute atomic E-state index is 0.115. The molecule has 138 valence electrons. The van der Waals surface area contributed by atoms with Gasteiger partial charge in [0, 0.05) is 17.9 Å². The van der Waals surface area contributed by atoms with Crippen molar-refractivity contribution in [3.63, 3.8) is 0 Å². The Labute approximate surface area is 149 Å². The zero-order chi connectivity index (χ0) is 18.9. The van der Waals surface area contributed by atoms with Gasteiger partial charge in [0.05, 0.1) is 24.3 Å². The number of benzene rings is 1. The van der Waals surface area contributed by atoms with Crippen LogP contribution in [0, 0.1) is 19.7 Å². The van der Waals surface area contributed by atoms with Crippen LogP contribution in [0.4, 0.5) is 4.39 Å². The average Bonchev–Trinajstić information content (AvgIpc) is 3.13. The van der Waals surface area contributed by atoms with Gasteiger partial charge in [0.1, 0.15) is 11.5 Å². The number of amides is 1. The van der Waals surface area contributed by atoms with Crippen molar-refractivity contribution in [1.29, 1.82) is 0 Å². The van der Waals surface area contributed by atoms with Crippen LogP contribution in [0.1, 0.15) is 34.6 Å².